The number of rotatable bonds is 15. The van der Waals surface area contributed by atoms with Gasteiger partial charge in [-0.15, -0.1) is 0 Å². The molecule has 3 amide bonds. The molecule has 0 aliphatic carbocycles. The van der Waals surface area contributed by atoms with Crippen LogP contribution in [0.15, 0.2) is 24.3 Å². The van der Waals surface area contributed by atoms with Crippen LogP contribution >= 0.6 is 0 Å². The molecule has 1 aromatic carbocycles. The van der Waals surface area contributed by atoms with Crippen molar-refractivity contribution in [3.8, 4) is 5.75 Å². The first-order valence-corrected chi connectivity index (χ1v) is 12.6. The number of nitrogens with zero attached hydrogens (tertiary/aromatic N) is 1. The molecule has 0 aliphatic rings. The Morgan fingerprint density at radius 2 is 1.52 bits per heavy atom. The van der Waals surface area contributed by atoms with Gasteiger partial charge in [-0.1, -0.05) is 31.9 Å². The normalized spacial score (nSPS) is 12.7. The van der Waals surface area contributed by atoms with Crippen LogP contribution < -0.4 is 15.8 Å². The Morgan fingerprint density at radius 1 is 0.950 bits per heavy atom. The van der Waals surface area contributed by atoms with Crippen molar-refractivity contribution >= 4 is 35.8 Å². The first-order chi connectivity index (χ1) is 18.5. The molecule has 1 aromatic rings. The zero-order valence-corrected chi connectivity index (χ0v) is 22.9. The third kappa shape index (κ3) is 11.7. The van der Waals surface area contributed by atoms with E-state index in [9.17, 15) is 28.8 Å². The largest absolute Gasteiger partial charge is 0.481 e. The number of carboxylic acid groups (broad SMARTS) is 3. The minimum absolute atomic E-state index is 0.0682. The van der Waals surface area contributed by atoms with Crippen LogP contribution in [-0.4, -0.2) is 86.4 Å². The minimum Gasteiger partial charge on any atom is -0.481 e. The van der Waals surface area contributed by atoms with Gasteiger partial charge < -0.3 is 30.5 Å². The quantitative estimate of drug-likeness (QED) is 0.150. The number of nitrogens with one attached hydrogen (secondary N) is 1. The van der Waals surface area contributed by atoms with Gasteiger partial charge in [0.25, 0.3) is 6.10 Å². The molecular formula is C26H37N3O11. The number of ether oxygens (including phenoxy) is 2. The van der Waals surface area contributed by atoms with Crippen LogP contribution in [-0.2, 0) is 35.1 Å². The van der Waals surface area contributed by atoms with Gasteiger partial charge in [-0.05, 0) is 44.9 Å². The number of benzene rings is 1. The second-order valence-corrected chi connectivity index (χ2v) is 9.98. The molecule has 2 atom stereocenters. The number of hydrogen-bond acceptors (Lipinski definition) is 9. The Labute approximate surface area is 231 Å². The van der Waals surface area contributed by atoms with Crippen molar-refractivity contribution < 1.29 is 53.6 Å². The Morgan fingerprint density at radius 3 is 2.00 bits per heavy atom. The van der Waals surface area contributed by atoms with Crippen LogP contribution in [0.25, 0.3) is 0 Å². The molecule has 0 bridgehead atoms. The van der Waals surface area contributed by atoms with Crippen molar-refractivity contribution in [3.05, 3.63) is 29.8 Å². The summed E-state index contributed by atoms with van der Waals surface area (Å²) in [5.74, 6) is -6.74. The van der Waals surface area contributed by atoms with Gasteiger partial charge in [0.05, 0.1) is 12.5 Å². The predicted octanol–water partition coefficient (Wildman–Crippen LogP) is 1.39. The second-order valence-electron chi connectivity index (χ2n) is 9.98. The van der Waals surface area contributed by atoms with Gasteiger partial charge >= 0.3 is 24.0 Å². The molecule has 0 aliphatic heterocycles. The van der Waals surface area contributed by atoms with Crippen LogP contribution in [0.2, 0.25) is 0 Å². The van der Waals surface area contributed by atoms with Gasteiger partial charge in [0, 0.05) is 13.0 Å². The fourth-order valence-corrected chi connectivity index (χ4v) is 3.42. The standard InChI is InChI=1S/C26H37N3O11/c1-5-6-7-12-29(25(38)40-26(2,3)4)18(22(33)28-21(32)17(27)14-19(30)31)13-15-8-10-16(11-9-15)39-20(23(34)35)24(36)37/h8-11,17-18,20H,5-7,12-14,27H2,1-4H3,(H,30,31)(H,34,35)(H,36,37)(H,28,32,33)/t17-,18-/m0/s1. The number of carbonyl (C=O) groups is 6. The molecule has 6 N–H and O–H groups in total. The Bertz CT molecular complexity index is 1050. The van der Waals surface area contributed by atoms with Crippen molar-refractivity contribution in [3.63, 3.8) is 0 Å². The maximum absolute atomic E-state index is 13.3. The first kappa shape index (κ1) is 33.8. The molecule has 0 aromatic heterocycles. The molecule has 0 heterocycles. The monoisotopic (exact) mass is 567 g/mol. The summed E-state index contributed by atoms with van der Waals surface area (Å²) in [4.78, 5) is 73.2. The molecule has 222 valence electrons. The average Bonchev–Trinajstić information content (AvgIpc) is 2.82. The fraction of sp³-hybridized carbons (Fsp3) is 0.538. The van der Waals surface area contributed by atoms with E-state index in [1.54, 1.807) is 20.8 Å². The second kappa shape index (κ2) is 15.4. The van der Waals surface area contributed by atoms with Crippen molar-refractivity contribution in [2.75, 3.05) is 6.54 Å². The molecule has 14 nitrogen and oxygen atoms in total. The lowest BCUT2D eigenvalue weighted by Crippen LogP contribution is -2.55. The van der Waals surface area contributed by atoms with E-state index in [1.807, 2.05) is 6.92 Å². The Balaban J connectivity index is 3.34. The van der Waals surface area contributed by atoms with E-state index in [-0.39, 0.29) is 18.7 Å². The molecule has 40 heavy (non-hydrogen) atoms. The molecular weight excluding hydrogens is 530 g/mol. The van der Waals surface area contributed by atoms with Gasteiger partial charge in [-0.3, -0.25) is 24.6 Å². The van der Waals surface area contributed by atoms with Crippen LogP contribution in [0.3, 0.4) is 0 Å². The van der Waals surface area contributed by atoms with E-state index in [0.717, 1.165) is 12.8 Å². The first-order valence-electron chi connectivity index (χ1n) is 12.6. The molecule has 1 rings (SSSR count). The van der Waals surface area contributed by atoms with Crippen LogP contribution in [0.1, 0.15) is 58.9 Å². The highest BCUT2D eigenvalue weighted by molar-refractivity contribution is 6.01. The number of carbonyl (C=O) groups excluding carboxylic acids is 3. The number of unbranched alkanes of at least 4 members (excludes halogenated alkanes) is 2. The SMILES string of the molecule is CCCCCN(C(=O)OC(C)(C)C)[C@@H](Cc1ccc(OC(C(=O)O)C(=O)O)cc1)C(=O)NC(=O)[C@@H](N)CC(=O)O. The number of nitrogens with two attached hydrogens (primary N) is 1. The van der Waals surface area contributed by atoms with Crippen molar-refractivity contribution in [1.82, 2.24) is 10.2 Å². The Kier molecular flexibility index (Phi) is 13.0. The number of amides is 3. The van der Waals surface area contributed by atoms with E-state index in [1.165, 1.54) is 29.2 Å². The molecule has 0 unspecified atom stereocenters. The van der Waals surface area contributed by atoms with Gasteiger partial charge in [0.1, 0.15) is 17.4 Å². The third-order valence-electron chi connectivity index (χ3n) is 5.34. The van der Waals surface area contributed by atoms with Crippen LogP contribution in [0, 0.1) is 0 Å². The van der Waals surface area contributed by atoms with E-state index in [0.29, 0.717) is 12.0 Å². The highest BCUT2D eigenvalue weighted by Gasteiger charge is 2.35. The van der Waals surface area contributed by atoms with Gasteiger partial charge in [-0.2, -0.15) is 0 Å². The summed E-state index contributed by atoms with van der Waals surface area (Å²) < 4.78 is 10.5. The topological polar surface area (TPSA) is 223 Å². The predicted molar refractivity (Wildman–Crippen MR) is 139 cm³/mol. The van der Waals surface area contributed by atoms with Crippen LogP contribution in [0.4, 0.5) is 4.79 Å². The number of imide groups is 1. The fourth-order valence-electron chi connectivity index (χ4n) is 3.42. The summed E-state index contributed by atoms with van der Waals surface area (Å²) in [5, 5.41) is 29.0. The summed E-state index contributed by atoms with van der Waals surface area (Å²) >= 11 is 0. The smallest absolute Gasteiger partial charge is 0.410 e. The molecule has 0 radical (unpaired) electrons. The number of aliphatic carboxylic acids is 3. The van der Waals surface area contributed by atoms with E-state index in [2.05, 4.69) is 5.32 Å². The molecule has 0 saturated carbocycles. The number of carboxylic acids is 3. The average molecular weight is 568 g/mol. The highest BCUT2D eigenvalue weighted by atomic mass is 16.6. The van der Waals surface area contributed by atoms with E-state index < -0.39 is 66.0 Å². The van der Waals surface area contributed by atoms with Crippen LogP contribution in [0.5, 0.6) is 5.75 Å². The minimum atomic E-state index is -2.13. The van der Waals surface area contributed by atoms with Crippen molar-refractivity contribution in [2.45, 2.75) is 83.6 Å². The summed E-state index contributed by atoms with van der Waals surface area (Å²) in [6.07, 6.45) is -1.73. The Hall–Kier alpha value is -4.20. The third-order valence-corrected chi connectivity index (χ3v) is 5.34. The lowest BCUT2D eigenvalue weighted by Gasteiger charge is -2.33. The summed E-state index contributed by atoms with van der Waals surface area (Å²) in [5.41, 5.74) is 5.13. The zero-order valence-electron chi connectivity index (χ0n) is 22.9. The van der Waals surface area contributed by atoms with E-state index in [4.69, 9.17) is 30.5 Å². The molecule has 0 spiro atoms. The van der Waals surface area contributed by atoms with E-state index >= 15 is 0 Å². The summed E-state index contributed by atoms with van der Waals surface area (Å²) in [6, 6.07) is 2.68. The lowest BCUT2D eigenvalue weighted by molar-refractivity contribution is -0.159. The van der Waals surface area contributed by atoms with Crippen molar-refractivity contribution in [1.29, 1.82) is 0 Å². The van der Waals surface area contributed by atoms with Gasteiger partial charge in [0.15, 0.2) is 0 Å². The zero-order chi connectivity index (χ0) is 30.6. The van der Waals surface area contributed by atoms with Gasteiger partial charge in [0.2, 0.25) is 11.8 Å². The summed E-state index contributed by atoms with van der Waals surface area (Å²) in [7, 11) is 0. The number of hydrogen-bond donors (Lipinski definition) is 5. The van der Waals surface area contributed by atoms with Gasteiger partial charge in [-0.25, -0.2) is 14.4 Å². The maximum Gasteiger partial charge on any atom is 0.410 e. The molecule has 0 fully saturated rings. The lowest BCUT2D eigenvalue weighted by atomic mass is 10.0. The van der Waals surface area contributed by atoms with Crippen molar-refractivity contribution in [2.24, 2.45) is 5.73 Å². The highest BCUT2D eigenvalue weighted by Crippen LogP contribution is 2.20. The maximum atomic E-state index is 13.3. The molecule has 14 heteroatoms. The summed E-state index contributed by atoms with van der Waals surface area (Å²) in [6.45, 7) is 7.01. The molecule has 0 saturated heterocycles.